The summed E-state index contributed by atoms with van der Waals surface area (Å²) in [4.78, 5) is 4.85. The van der Waals surface area contributed by atoms with Crippen molar-refractivity contribution in [2.75, 3.05) is 6.54 Å². The molecule has 20 heavy (non-hydrogen) atoms. The van der Waals surface area contributed by atoms with Gasteiger partial charge in [0.25, 0.3) is 0 Å². The number of imidazole rings is 1. The van der Waals surface area contributed by atoms with Crippen LogP contribution in [0.15, 0.2) is 18.2 Å². The summed E-state index contributed by atoms with van der Waals surface area (Å²) in [7, 11) is 0. The van der Waals surface area contributed by atoms with Crippen LogP contribution in [0.1, 0.15) is 51.4 Å². The third-order valence-electron chi connectivity index (χ3n) is 3.67. The molecule has 110 valence electrons. The van der Waals surface area contributed by atoms with Gasteiger partial charge in [-0.3, -0.25) is 0 Å². The minimum atomic E-state index is 0.544. The summed E-state index contributed by atoms with van der Waals surface area (Å²) in [6.07, 6.45) is 1.97. The average Bonchev–Trinajstić information content (AvgIpc) is 2.73. The van der Waals surface area contributed by atoms with E-state index in [2.05, 4.69) is 50.5 Å². The van der Waals surface area contributed by atoms with Crippen molar-refractivity contribution < 1.29 is 0 Å². The predicted molar refractivity (Wildman–Crippen MR) is 86.0 cm³/mol. The number of benzene rings is 1. The quantitative estimate of drug-likeness (QED) is 0.872. The molecule has 0 unspecified atom stereocenters. The van der Waals surface area contributed by atoms with Crippen LogP contribution in [0.2, 0.25) is 0 Å². The molecule has 1 aromatic carbocycles. The van der Waals surface area contributed by atoms with E-state index < -0.39 is 0 Å². The van der Waals surface area contributed by atoms with Crippen molar-refractivity contribution in [3.63, 3.8) is 0 Å². The van der Waals surface area contributed by atoms with Crippen LogP contribution in [0.5, 0.6) is 0 Å². The molecular weight excluding hydrogens is 246 g/mol. The molecule has 2 aromatic rings. The second kappa shape index (κ2) is 6.40. The fraction of sp³-hybridized carbons (Fsp3) is 0.588. The molecule has 0 radical (unpaired) electrons. The average molecular weight is 273 g/mol. The molecule has 1 aromatic heterocycles. The summed E-state index contributed by atoms with van der Waals surface area (Å²) in [6, 6.07) is 6.70. The van der Waals surface area contributed by atoms with Crippen molar-refractivity contribution in [3.05, 3.63) is 29.6 Å². The molecule has 0 atom stereocenters. The fourth-order valence-corrected chi connectivity index (χ4v) is 2.58. The third kappa shape index (κ3) is 3.21. The number of aromatic nitrogens is 2. The number of nitrogens with zero attached hydrogens (tertiary/aromatic N) is 2. The van der Waals surface area contributed by atoms with Gasteiger partial charge < -0.3 is 10.3 Å². The second-order valence-corrected chi connectivity index (χ2v) is 6.33. The van der Waals surface area contributed by atoms with E-state index in [-0.39, 0.29) is 0 Å². The smallest absolute Gasteiger partial charge is 0.109 e. The lowest BCUT2D eigenvalue weighted by Gasteiger charge is -2.12. The van der Waals surface area contributed by atoms with E-state index in [0.29, 0.717) is 11.8 Å². The van der Waals surface area contributed by atoms with E-state index in [9.17, 15) is 0 Å². The Hall–Kier alpha value is -1.35. The maximum Gasteiger partial charge on any atom is 0.109 e. The zero-order valence-corrected chi connectivity index (χ0v) is 13.2. The van der Waals surface area contributed by atoms with Gasteiger partial charge in [-0.15, -0.1) is 0 Å². The summed E-state index contributed by atoms with van der Waals surface area (Å²) in [6.45, 7) is 10.7. The van der Waals surface area contributed by atoms with Crippen molar-refractivity contribution in [2.24, 2.45) is 11.7 Å². The number of hydrogen-bond donors (Lipinski definition) is 1. The highest BCUT2D eigenvalue weighted by molar-refractivity contribution is 5.77. The zero-order valence-electron chi connectivity index (χ0n) is 13.2. The largest absolute Gasteiger partial charge is 0.330 e. The van der Waals surface area contributed by atoms with E-state index in [0.717, 1.165) is 31.4 Å². The van der Waals surface area contributed by atoms with Crippen LogP contribution in [-0.2, 0) is 13.0 Å². The van der Waals surface area contributed by atoms with Gasteiger partial charge in [0.2, 0.25) is 0 Å². The van der Waals surface area contributed by atoms with Gasteiger partial charge in [-0.2, -0.15) is 0 Å². The van der Waals surface area contributed by atoms with Crippen LogP contribution >= 0.6 is 0 Å². The molecule has 0 fully saturated rings. The lowest BCUT2D eigenvalue weighted by atomic mass is 10.0. The normalized spacial score (nSPS) is 11.9. The van der Waals surface area contributed by atoms with Crippen molar-refractivity contribution >= 4 is 11.0 Å². The summed E-state index contributed by atoms with van der Waals surface area (Å²) in [5, 5.41) is 0. The number of nitrogens with two attached hydrogens (primary N) is 1. The Morgan fingerprint density at radius 1 is 1.20 bits per heavy atom. The third-order valence-corrected chi connectivity index (χ3v) is 3.67. The topological polar surface area (TPSA) is 43.8 Å². The van der Waals surface area contributed by atoms with Crippen LogP contribution in [0.3, 0.4) is 0 Å². The molecule has 0 bridgehead atoms. The van der Waals surface area contributed by atoms with Gasteiger partial charge in [0.15, 0.2) is 0 Å². The highest BCUT2D eigenvalue weighted by Gasteiger charge is 2.12. The van der Waals surface area contributed by atoms with Crippen molar-refractivity contribution in [1.82, 2.24) is 9.55 Å². The summed E-state index contributed by atoms with van der Waals surface area (Å²) >= 11 is 0. The Bertz CT molecular complexity index is 567. The molecule has 0 amide bonds. The van der Waals surface area contributed by atoms with Gasteiger partial charge in [-0.25, -0.2) is 4.98 Å². The molecule has 0 aliphatic heterocycles. The molecular formula is C17H27N3. The minimum Gasteiger partial charge on any atom is -0.330 e. The standard InChI is InChI=1S/C17H27N3/c1-12(2)11-20-16-8-7-14(13(3)4)10-15(16)19-17(20)6-5-9-18/h7-8,10,12-13H,5-6,9,11,18H2,1-4H3. The maximum atomic E-state index is 5.65. The number of fused-ring (bicyclic) bond motifs is 1. The van der Waals surface area contributed by atoms with Crippen LogP contribution in [0.25, 0.3) is 11.0 Å². The Morgan fingerprint density at radius 3 is 2.55 bits per heavy atom. The first-order chi connectivity index (χ1) is 9.52. The zero-order chi connectivity index (χ0) is 14.7. The fourth-order valence-electron chi connectivity index (χ4n) is 2.58. The summed E-state index contributed by atoms with van der Waals surface area (Å²) in [5.41, 5.74) is 9.40. The van der Waals surface area contributed by atoms with Crippen LogP contribution < -0.4 is 5.73 Å². The number of rotatable bonds is 6. The molecule has 2 rings (SSSR count). The van der Waals surface area contributed by atoms with Crippen LogP contribution in [0, 0.1) is 5.92 Å². The van der Waals surface area contributed by atoms with Gasteiger partial charge in [-0.05, 0) is 42.5 Å². The number of hydrogen-bond acceptors (Lipinski definition) is 2. The van der Waals surface area contributed by atoms with Gasteiger partial charge in [0.1, 0.15) is 5.82 Å². The molecule has 0 aliphatic carbocycles. The lowest BCUT2D eigenvalue weighted by molar-refractivity contribution is 0.514. The molecule has 1 heterocycles. The van der Waals surface area contributed by atoms with E-state index >= 15 is 0 Å². The second-order valence-electron chi connectivity index (χ2n) is 6.33. The van der Waals surface area contributed by atoms with Gasteiger partial charge >= 0.3 is 0 Å². The highest BCUT2D eigenvalue weighted by atomic mass is 15.1. The number of aryl methyl sites for hydroxylation is 1. The SMILES string of the molecule is CC(C)Cn1c(CCCN)nc2cc(C(C)C)ccc21. The van der Waals surface area contributed by atoms with Gasteiger partial charge in [0.05, 0.1) is 11.0 Å². The summed E-state index contributed by atoms with van der Waals surface area (Å²) in [5.74, 6) is 2.34. The van der Waals surface area contributed by atoms with E-state index in [4.69, 9.17) is 10.7 Å². The van der Waals surface area contributed by atoms with Crippen molar-refractivity contribution in [2.45, 2.75) is 53.0 Å². The van der Waals surface area contributed by atoms with E-state index in [1.807, 2.05) is 0 Å². The Labute approximate surface area is 122 Å². The Kier molecular flexibility index (Phi) is 4.81. The first kappa shape index (κ1) is 15.0. The molecule has 0 saturated heterocycles. The van der Waals surface area contributed by atoms with Crippen molar-refractivity contribution in [1.29, 1.82) is 0 Å². The lowest BCUT2D eigenvalue weighted by Crippen LogP contribution is -2.10. The van der Waals surface area contributed by atoms with E-state index in [1.54, 1.807) is 0 Å². The van der Waals surface area contributed by atoms with E-state index in [1.165, 1.54) is 16.9 Å². The molecule has 0 saturated carbocycles. The predicted octanol–water partition coefficient (Wildman–Crippen LogP) is 3.71. The maximum absolute atomic E-state index is 5.65. The Balaban J connectivity index is 2.47. The molecule has 0 aliphatic rings. The molecule has 0 spiro atoms. The van der Waals surface area contributed by atoms with Crippen molar-refractivity contribution in [3.8, 4) is 0 Å². The minimum absolute atomic E-state index is 0.544. The van der Waals surface area contributed by atoms with Crippen LogP contribution in [-0.4, -0.2) is 16.1 Å². The highest BCUT2D eigenvalue weighted by Crippen LogP contribution is 2.23. The first-order valence-electron chi connectivity index (χ1n) is 7.72. The molecule has 3 nitrogen and oxygen atoms in total. The first-order valence-corrected chi connectivity index (χ1v) is 7.72. The van der Waals surface area contributed by atoms with Gasteiger partial charge in [0, 0.05) is 13.0 Å². The Morgan fingerprint density at radius 2 is 1.95 bits per heavy atom. The van der Waals surface area contributed by atoms with Gasteiger partial charge in [-0.1, -0.05) is 33.8 Å². The summed E-state index contributed by atoms with van der Waals surface area (Å²) < 4.78 is 2.37. The molecule has 2 N–H and O–H groups in total. The van der Waals surface area contributed by atoms with Crippen LogP contribution in [0.4, 0.5) is 0 Å². The molecule has 3 heteroatoms. The monoisotopic (exact) mass is 273 g/mol.